The van der Waals surface area contributed by atoms with Gasteiger partial charge in [-0.2, -0.15) is 0 Å². The Hall–Kier alpha value is -1.26. The molecule has 23 heavy (non-hydrogen) atoms. The van der Waals surface area contributed by atoms with Crippen LogP contribution in [0.3, 0.4) is 0 Å². The van der Waals surface area contributed by atoms with Crippen molar-refractivity contribution < 1.29 is 19.1 Å². The Labute approximate surface area is 141 Å². The molecule has 0 unspecified atom stereocenters. The normalized spacial score (nSPS) is 12.3. The molecule has 0 heterocycles. The third-order valence-corrected chi connectivity index (χ3v) is 3.48. The monoisotopic (exact) mass is 329 g/mol. The molecule has 1 amide bonds. The van der Waals surface area contributed by atoms with Gasteiger partial charge >= 0.3 is 12.1 Å². The van der Waals surface area contributed by atoms with Gasteiger partial charge in [0, 0.05) is 0 Å². The summed E-state index contributed by atoms with van der Waals surface area (Å²) >= 11 is 0. The van der Waals surface area contributed by atoms with Gasteiger partial charge in [0.15, 0.2) is 0 Å². The summed E-state index contributed by atoms with van der Waals surface area (Å²) in [6, 6.07) is -0.658. The first-order chi connectivity index (χ1) is 10.9. The molecule has 0 rings (SSSR count). The minimum Gasteiger partial charge on any atom is -0.464 e. The topological polar surface area (TPSA) is 64.6 Å². The van der Waals surface area contributed by atoms with Gasteiger partial charge in [0.2, 0.25) is 0 Å². The van der Waals surface area contributed by atoms with Crippen molar-refractivity contribution in [2.75, 3.05) is 13.2 Å². The molecule has 0 aromatic carbocycles. The Bertz CT molecular complexity index is 329. The van der Waals surface area contributed by atoms with Gasteiger partial charge in [-0.05, 0) is 18.3 Å². The fourth-order valence-corrected chi connectivity index (χ4v) is 2.05. The summed E-state index contributed by atoms with van der Waals surface area (Å²) in [5, 5.41) is 2.60. The third-order valence-electron chi connectivity index (χ3n) is 3.48. The van der Waals surface area contributed by atoms with Crippen LogP contribution in [0.15, 0.2) is 0 Å². The van der Waals surface area contributed by atoms with Gasteiger partial charge in [0.1, 0.15) is 6.04 Å². The molecular weight excluding hydrogens is 294 g/mol. The molecule has 0 aliphatic carbocycles. The number of hydrogen-bond donors (Lipinski definition) is 1. The maximum absolute atomic E-state index is 12.1. The predicted octanol–water partition coefficient (Wildman–Crippen LogP) is 4.30. The van der Waals surface area contributed by atoms with Crippen LogP contribution in [0.4, 0.5) is 4.79 Å². The fraction of sp³-hybridized carbons (Fsp3) is 0.889. The average molecular weight is 329 g/mol. The second kappa shape index (κ2) is 13.2. The smallest absolute Gasteiger partial charge is 0.407 e. The van der Waals surface area contributed by atoms with Crippen molar-refractivity contribution in [3.63, 3.8) is 0 Å². The molecule has 1 atom stereocenters. The van der Waals surface area contributed by atoms with Crippen LogP contribution in [0.25, 0.3) is 0 Å². The number of esters is 1. The summed E-state index contributed by atoms with van der Waals surface area (Å²) in [4.78, 5) is 23.8. The highest BCUT2D eigenvalue weighted by Gasteiger charge is 2.26. The Balaban J connectivity index is 4.03. The summed E-state index contributed by atoms with van der Waals surface area (Å²) in [6.07, 6.45) is 6.29. The number of nitrogens with one attached hydrogen (secondary N) is 1. The highest BCUT2D eigenvalue weighted by Crippen LogP contribution is 2.08. The molecular formula is C18H35NO4. The highest BCUT2D eigenvalue weighted by molar-refractivity contribution is 5.81. The minimum atomic E-state index is -0.658. The molecule has 0 aromatic heterocycles. The molecule has 1 N–H and O–H groups in total. The van der Waals surface area contributed by atoms with E-state index in [1.165, 1.54) is 25.7 Å². The average Bonchev–Trinajstić information content (AvgIpc) is 2.49. The van der Waals surface area contributed by atoms with Gasteiger partial charge < -0.3 is 14.8 Å². The van der Waals surface area contributed by atoms with Gasteiger partial charge in [-0.25, -0.2) is 9.59 Å². The first-order valence-electron chi connectivity index (χ1n) is 8.98. The summed E-state index contributed by atoms with van der Waals surface area (Å²) in [5.74, 6) is -0.161. The Morgan fingerprint density at radius 2 is 1.52 bits per heavy atom. The summed E-state index contributed by atoms with van der Waals surface area (Å²) < 4.78 is 10.3. The van der Waals surface area contributed by atoms with Gasteiger partial charge in [-0.3, -0.25) is 0 Å². The van der Waals surface area contributed by atoms with Crippen LogP contribution in [0.1, 0.15) is 73.1 Å². The lowest BCUT2D eigenvalue weighted by molar-refractivity contribution is -0.147. The number of ether oxygens (including phenoxy) is 2. The van der Waals surface area contributed by atoms with Crippen LogP contribution in [-0.2, 0) is 14.3 Å². The maximum atomic E-state index is 12.1. The van der Waals surface area contributed by atoms with E-state index in [-0.39, 0.29) is 17.8 Å². The number of amides is 1. The number of carbonyl (C=O) groups is 2. The van der Waals surface area contributed by atoms with Crippen molar-refractivity contribution in [3.8, 4) is 0 Å². The Kier molecular flexibility index (Phi) is 12.5. The standard InChI is InChI=1S/C18H35NO4/c1-6-7-8-9-10-11-12-22-17(20)16(15(4)5)19-18(21)23-13-14(2)3/h14-16H,6-13H2,1-5H3,(H,19,21)/t16-/m0/s1. The van der Waals surface area contributed by atoms with Crippen molar-refractivity contribution in [2.45, 2.75) is 79.2 Å². The van der Waals surface area contributed by atoms with Crippen LogP contribution in [0.5, 0.6) is 0 Å². The molecule has 0 saturated carbocycles. The third kappa shape index (κ3) is 11.9. The summed E-state index contributed by atoms with van der Waals surface area (Å²) in [7, 11) is 0. The molecule has 136 valence electrons. The second-order valence-electron chi connectivity index (χ2n) is 6.79. The van der Waals surface area contributed by atoms with Crippen LogP contribution >= 0.6 is 0 Å². The lowest BCUT2D eigenvalue weighted by atomic mass is 10.1. The van der Waals surface area contributed by atoms with Gasteiger partial charge in [-0.1, -0.05) is 66.7 Å². The van der Waals surface area contributed by atoms with Gasteiger partial charge in [0.25, 0.3) is 0 Å². The number of alkyl carbamates (subject to hydrolysis) is 1. The fourth-order valence-electron chi connectivity index (χ4n) is 2.05. The first-order valence-corrected chi connectivity index (χ1v) is 8.98. The van der Waals surface area contributed by atoms with E-state index in [4.69, 9.17) is 9.47 Å². The second-order valence-corrected chi connectivity index (χ2v) is 6.79. The van der Waals surface area contributed by atoms with E-state index in [0.29, 0.717) is 13.2 Å². The van der Waals surface area contributed by atoms with E-state index < -0.39 is 12.1 Å². The lowest BCUT2D eigenvalue weighted by Gasteiger charge is -2.21. The molecule has 5 heteroatoms. The summed E-state index contributed by atoms with van der Waals surface area (Å²) in [5.41, 5.74) is 0. The SMILES string of the molecule is CCCCCCCCOC(=O)[C@@H](NC(=O)OCC(C)C)C(C)C. The molecule has 0 fully saturated rings. The number of rotatable bonds is 12. The number of hydrogen-bond acceptors (Lipinski definition) is 4. The van der Waals surface area contributed by atoms with E-state index in [0.717, 1.165) is 12.8 Å². The van der Waals surface area contributed by atoms with Crippen molar-refractivity contribution >= 4 is 12.1 Å². The van der Waals surface area contributed by atoms with Gasteiger partial charge in [-0.15, -0.1) is 0 Å². The van der Waals surface area contributed by atoms with Crippen molar-refractivity contribution in [2.24, 2.45) is 11.8 Å². The van der Waals surface area contributed by atoms with Crippen LogP contribution in [-0.4, -0.2) is 31.3 Å². The molecule has 0 spiro atoms. The molecule has 0 bridgehead atoms. The zero-order valence-electron chi connectivity index (χ0n) is 15.5. The number of unbranched alkanes of at least 4 members (excludes halogenated alkanes) is 5. The number of carbonyl (C=O) groups excluding carboxylic acids is 2. The maximum Gasteiger partial charge on any atom is 0.407 e. The molecule has 5 nitrogen and oxygen atoms in total. The van der Waals surface area contributed by atoms with E-state index in [1.54, 1.807) is 0 Å². The minimum absolute atomic E-state index is 0.0429. The Morgan fingerprint density at radius 1 is 0.913 bits per heavy atom. The van der Waals surface area contributed by atoms with Crippen molar-refractivity contribution in [1.82, 2.24) is 5.32 Å². The van der Waals surface area contributed by atoms with Crippen LogP contribution in [0.2, 0.25) is 0 Å². The van der Waals surface area contributed by atoms with Crippen LogP contribution in [0, 0.1) is 11.8 Å². The molecule has 0 saturated heterocycles. The largest absolute Gasteiger partial charge is 0.464 e. The molecule has 0 radical (unpaired) electrons. The first kappa shape index (κ1) is 21.7. The van der Waals surface area contributed by atoms with E-state index in [1.807, 2.05) is 27.7 Å². The highest BCUT2D eigenvalue weighted by atomic mass is 16.6. The molecule has 0 aliphatic rings. The Morgan fingerprint density at radius 3 is 2.09 bits per heavy atom. The molecule has 0 aromatic rings. The van der Waals surface area contributed by atoms with Gasteiger partial charge in [0.05, 0.1) is 13.2 Å². The molecule has 0 aliphatic heterocycles. The van der Waals surface area contributed by atoms with Crippen molar-refractivity contribution in [1.29, 1.82) is 0 Å². The van der Waals surface area contributed by atoms with Crippen molar-refractivity contribution in [3.05, 3.63) is 0 Å². The van der Waals surface area contributed by atoms with E-state index in [9.17, 15) is 9.59 Å². The lowest BCUT2D eigenvalue weighted by Crippen LogP contribution is -2.45. The zero-order chi connectivity index (χ0) is 17.7. The quantitative estimate of drug-likeness (QED) is 0.428. The zero-order valence-corrected chi connectivity index (χ0v) is 15.5. The van der Waals surface area contributed by atoms with E-state index >= 15 is 0 Å². The predicted molar refractivity (Wildman–Crippen MR) is 92.3 cm³/mol. The van der Waals surface area contributed by atoms with Crippen LogP contribution < -0.4 is 5.32 Å². The summed E-state index contributed by atoms with van der Waals surface area (Å²) in [6.45, 7) is 10.6. The van der Waals surface area contributed by atoms with E-state index in [2.05, 4.69) is 12.2 Å².